The average Bonchev–Trinajstić information content (AvgIpc) is 2.75. The quantitative estimate of drug-likeness (QED) is 0.192. The highest BCUT2D eigenvalue weighted by molar-refractivity contribution is 6.31. The summed E-state index contributed by atoms with van der Waals surface area (Å²) in [6, 6.07) is 23.3. The largest absolute Gasteiger partial charge is 0.326 e. The summed E-state index contributed by atoms with van der Waals surface area (Å²) >= 11 is 6.06. The van der Waals surface area contributed by atoms with Crippen LogP contribution < -0.4 is 10.7 Å². The van der Waals surface area contributed by atoms with Crippen LogP contribution in [0.1, 0.15) is 17.5 Å². The zero-order valence-electron chi connectivity index (χ0n) is 16.9. The molecule has 2 N–H and O–H groups in total. The standard InChI is InChI=1S/C25H20ClN3O2/c1-16-10-11-19(13-23(16)26)28-24(30)14-25(31)29-27-15-22-20-8-4-2-6-17(20)12-18-7-3-5-9-21(18)22/h2-13,15H,14H2,1H3,(H,28,30)(H,29,31). The van der Waals surface area contributed by atoms with Crippen molar-refractivity contribution in [2.24, 2.45) is 5.10 Å². The third kappa shape index (κ3) is 4.73. The SMILES string of the molecule is Cc1ccc(NC(=O)CC(=O)NN=Cc2c3ccccc3cc3ccccc23)cc1Cl. The number of fused-ring (bicyclic) bond motifs is 2. The van der Waals surface area contributed by atoms with Gasteiger partial charge in [0.05, 0.1) is 6.21 Å². The molecule has 4 aromatic rings. The van der Waals surface area contributed by atoms with Crippen molar-refractivity contribution < 1.29 is 9.59 Å². The molecule has 2 amide bonds. The molecule has 0 fully saturated rings. The number of benzene rings is 4. The molecule has 0 aliphatic rings. The molecule has 5 nitrogen and oxygen atoms in total. The first-order chi connectivity index (χ1) is 15.0. The molecule has 0 radical (unpaired) electrons. The summed E-state index contributed by atoms with van der Waals surface area (Å²) < 4.78 is 0. The average molecular weight is 430 g/mol. The number of nitrogens with zero attached hydrogens (tertiary/aromatic N) is 1. The van der Waals surface area contributed by atoms with E-state index in [0.29, 0.717) is 10.7 Å². The van der Waals surface area contributed by atoms with Crippen LogP contribution in [0.5, 0.6) is 0 Å². The predicted molar refractivity (Wildman–Crippen MR) is 127 cm³/mol. The molecule has 0 heterocycles. The van der Waals surface area contributed by atoms with Crippen molar-refractivity contribution >= 4 is 56.9 Å². The maximum Gasteiger partial charge on any atom is 0.249 e. The molecule has 0 saturated carbocycles. The van der Waals surface area contributed by atoms with Crippen molar-refractivity contribution in [1.29, 1.82) is 0 Å². The molecular weight excluding hydrogens is 410 g/mol. The second-order valence-corrected chi connectivity index (χ2v) is 7.62. The molecule has 6 heteroatoms. The van der Waals surface area contributed by atoms with Gasteiger partial charge in [-0.3, -0.25) is 9.59 Å². The Balaban J connectivity index is 1.46. The normalized spacial score (nSPS) is 11.2. The van der Waals surface area contributed by atoms with Gasteiger partial charge in [0.2, 0.25) is 11.8 Å². The monoisotopic (exact) mass is 429 g/mol. The summed E-state index contributed by atoms with van der Waals surface area (Å²) in [5.41, 5.74) is 4.80. The van der Waals surface area contributed by atoms with Crippen LogP contribution in [0.2, 0.25) is 5.02 Å². The van der Waals surface area contributed by atoms with Gasteiger partial charge in [-0.2, -0.15) is 5.10 Å². The van der Waals surface area contributed by atoms with Crippen LogP contribution in [0.3, 0.4) is 0 Å². The van der Waals surface area contributed by atoms with Gasteiger partial charge in [0.25, 0.3) is 0 Å². The summed E-state index contributed by atoms with van der Waals surface area (Å²) in [5.74, 6) is -0.945. The minimum absolute atomic E-state index is 0.348. The molecular formula is C25H20ClN3O2. The molecule has 0 aliphatic carbocycles. The summed E-state index contributed by atoms with van der Waals surface area (Å²) in [5, 5.41) is 11.6. The molecule has 0 spiro atoms. The second-order valence-electron chi connectivity index (χ2n) is 7.21. The molecule has 0 bridgehead atoms. The fraction of sp³-hybridized carbons (Fsp3) is 0.0800. The molecule has 0 aromatic heterocycles. The number of rotatable bonds is 5. The van der Waals surface area contributed by atoms with E-state index in [2.05, 4.69) is 21.9 Å². The van der Waals surface area contributed by atoms with Gasteiger partial charge in [-0.1, -0.05) is 66.2 Å². The van der Waals surface area contributed by atoms with Gasteiger partial charge < -0.3 is 5.32 Å². The number of amides is 2. The molecule has 0 atom stereocenters. The number of hydrogen-bond acceptors (Lipinski definition) is 3. The Morgan fingerprint density at radius 2 is 1.55 bits per heavy atom. The fourth-order valence-corrected chi connectivity index (χ4v) is 3.60. The van der Waals surface area contributed by atoms with Crippen LogP contribution in [0.25, 0.3) is 21.5 Å². The zero-order valence-corrected chi connectivity index (χ0v) is 17.6. The van der Waals surface area contributed by atoms with Crippen molar-refractivity contribution in [3.05, 3.63) is 88.9 Å². The van der Waals surface area contributed by atoms with Crippen LogP contribution in [-0.2, 0) is 9.59 Å². The maximum atomic E-state index is 12.2. The number of nitrogens with one attached hydrogen (secondary N) is 2. The van der Waals surface area contributed by atoms with E-state index >= 15 is 0 Å². The van der Waals surface area contributed by atoms with Crippen molar-refractivity contribution in [1.82, 2.24) is 5.43 Å². The Bertz CT molecular complexity index is 1280. The van der Waals surface area contributed by atoms with Gasteiger partial charge in [0, 0.05) is 16.3 Å². The highest BCUT2D eigenvalue weighted by Crippen LogP contribution is 2.27. The van der Waals surface area contributed by atoms with E-state index in [-0.39, 0.29) is 6.42 Å². The fourth-order valence-electron chi connectivity index (χ4n) is 3.42. The lowest BCUT2D eigenvalue weighted by Crippen LogP contribution is -2.24. The van der Waals surface area contributed by atoms with Gasteiger partial charge in [-0.15, -0.1) is 0 Å². The van der Waals surface area contributed by atoms with Gasteiger partial charge in [-0.25, -0.2) is 5.43 Å². The molecule has 0 saturated heterocycles. The number of carbonyl (C=O) groups excluding carboxylic acids is 2. The number of anilines is 1. The third-order valence-electron chi connectivity index (χ3n) is 4.97. The van der Waals surface area contributed by atoms with E-state index in [1.807, 2.05) is 55.5 Å². The first-order valence-electron chi connectivity index (χ1n) is 9.79. The van der Waals surface area contributed by atoms with E-state index in [4.69, 9.17) is 11.6 Å². The maximum absolute atomic E-state index is 12.2. The van der Waals surface area contributed by atoms with E-state index in [0.717, 1.165) is 32.7 Å². The Morgan fingerprint density at radius 1 is 0.903 bits per heavy atom. The van der Waals surface area contributed by atoms with Gasteiger partial charge in [0.15, 0.2) is 0 Å². The number of halogens is 1. The van der Waals surface area contributed by atoms with Crippen LogP contribution >= 0.6 is 11.6 Å². The number of hydrogen-bond donors (Lipinski definition) is 2. The third-order valence-corrected chi connectivity index (χ3v) is 5.38. The number of carbonyl (C=O) groups is 2. The lowest BCUT2D eigenvalue weighted by molar-refractivity contribution is -0.126. The minimum atomic E-state index is -0.503. The van der Waals surface area contributed by atoms with Crippen molar-refractivity contribution in [2.45, 2.75) is 13.3 Å². The summed E-state index contributed by atoms with van der Waals surface area (Å²) in [6.45, 7) is 1.87. The van der Waals surface area contributed by atoms with Crippen LogP contribution in [0, 0.1) is 6.92 Å². The van der Waals surface area contributed by atoms with E-state index in [1.165, 1.54) is 0 Å². The van der Waals surface area contributed by atoms with Crippen molar-refractivity contribution in [2.75, 3.05) is 5.32 Å². The summed E-state index contributed by atoms with van der Waals surface area (Å²) in [7, 11) is 0. The number of hydrazone groups is 1. The molecule has 0 unspecified atom stereocenters. The predicted octanol–water partition coefficient (Wildman–Crippen LogP) is 5.43. The van der Waals surface area contributed by atoms with Crippen molar-refractivity contribution in [3.8, 4) is 0 Å². The smallest absolute Gasteiger partial charge is 0.249 e. The van der Waals surface area contributed by atoms with Gasteiger partial charge in [-0.05, 0) is 52.2 Å². The first kappa shape index (κ1) is 20.6. The molecule has 4 aromatic carbocycles. The second kappa shape index (κ2) is 8.98. The van der Waals surface area contributed by atoms with Crippen LogP contribution in [0.4, 0.5) is 5.69 Å². The van der Waals surface area contributed by atoms with Crippen LogP contribution in [-0.4, -0.2) is 18.0 Å². The number of aryl methyl sites for hydroxylation is 1. The lowest BCUT2D eigenvalue weighted by atomic mass is 9.97. The van der Waals surface area contributed by atoms with Gasteiger partial charge >= 0.3 is 0 Å². The topological polar surface area (TPSA) is 70.6 Å². The summed E-state index contributed by atoms with van der Waals surface area (Å²) in [4.78, 5) is 24.3. The molecule has 4 rings (SSSR count). The Hall–Kier alpha value is -3.70. The zero-order chi connectivity index (χ0) is 21.8. The van der Waals surface area contributed by atoms with Crippen molar-refractivity contribution in [3.63, 3.8) is 0 Å². The van der Waals surface area contributed by atoms with Crippen LogP contribution in [0.15, 0.2) is 77.9 Å². The van der Waals surface area contributed by atoms with E-state index in [1.54, 1.807) is 24.4 Å². The molecule has 31 heavy (non-hydrogen) atoms. The lowest BCUT2D eigenvalue weighted by Gasteiger charge is -2.08. The Kier molecular flexibility index (Phi) is 5.96. The molecule has 154 valence electrons. The summed E-state index contributed by atoms with van der Waals surface area (Å²) in [6.07, 6.45) is 1.28. The minimum Gasteiger partial charge on any atom is -0.326 e. The molecule has 0 aliphatic heterocycles. The highest BCUT2D eigenvalue weighted by atomic mass is 35.5. The van der Waals surface area contributed by atoms with E-state index < -0.39 is 11.8 Å². The first-order valence-corrected chi connectivity index (χ1v) is 10.2. The highest BCUT2D eigenvalue weighted by Gasteiger charge is 2.10. The van der Waals surface area contributed by atoms with E-state index in [9.17, 15) is 9.59 Å². The Labute approximate surface area is 184 Å². The van der Waals surface area contributed by atoms with Gasteiger partial charge in [0.1, 0.15) is 6.42 Å². The Morgan fingerprint density at radius 3 is 2.19 bits per heavy atom.